The first kappa shape index (κ1) is 9.93. The van der Waals surface area contributed by atoms with Gasteiger partial charge in [0.25, 0.3) is 0 Å². The van der Waals surface area contributed by atoms with Gasteiger partial charge in [-0.25, -0.2) is 0 Å². The monoisotopic (exact) mass is 198 g/mol. The van der Waals surface area contributed by atoms with Gasteiger partial charge >= 0.3 is 0 Å². The van der Waals surface area contributed by atoms with Gasteiger partial charge in [-0.05, 0) is 32.6 Å². The van der Waals surface area contributed by atoms with Gasteiger partial charge in [-0.2, -0.15) is 0 Å². The Labute approximate surface area is 84.1 Å². The molecule has 3 unspecified atom stereocenters. The number of hydrogen-bond acceptors (Lipinski definition) is 3. The highest BCUT2D eigenvalue weighted by Crippen LogP contribution is 2.30. The average Bonchev–Trinajstić information content (AvgIpc) is 2.62. The van der Waals surface area contributed by atoms with Gasteiger partial charge in [-0.3, -0.25) is 4.79 Å². The van der Waals surface area contributed by atoms with Crippen molar-refractivity contribution in [3.05, 3.63) is 0 Å². The van der Waals surface area contributed by atoms with Crippen LogP contribution in [0.5, 0.6) is 0 Å². The predicted octanol–water partition coefficient (Wildman–Crippen LogP) is -0.232. The van der Waals surface area contributed by atoms with E-state index in [0.717, 1.165) is 32.2 Å². The lowest BCUT2D eigenvalue weighted by atomic mass is 9.99. The molecule has 0 aromatic carbocycles. The van der Waals surface area contributed by atoms with E-state index >= 15 is 0 Å². The van der Waals surface area contributed by atoms with Crippen LogP contribution in [0.4, 0.5) is 0 Å². The van der Waals surface area contributed by atoms with Crippen LogP contribution >= 0.6 is 0 Å². The Morgan fingerprint density at radius 2 is 2.36 bits per heavy atom. The molecule has 1 saturated carbocycles. The van der Waals surface area contributed by atoms with E-state index in [1.54, 1.807) is 0 Å². The van der Waals surface area contributed by atoms with E-state index in [1.807, 2.05) is 6.92 Å². The minimum Gasteiger partial charge on any atom is -0.389 e. The first-order valence-corrected chi connectivity index (χ1v) is 5.36. The zero-order valence-corrected chi connectivity index (χ0v) is 8.55. The molecule has 0 radical (unpaired) electrons. The number of carbonyl (C=O) groups is 1. The molecule has 3 N–H and O–H groups in total. The van der Waals surface area contributed by atoms with Crippen LogP contribution < -0.4 is 10.6 Å². The number of nitrogens with one attached hydrogen (secondary N) is 2. The molecule has 1 heterocycles. The van der Waals surface area contributed by atoms with Crippen LogP contribution in [0.3, 0.4) is 0 Å². The molecular formula is C10H18N2O2. The van der Waals surface area contributed by atoms with E-state index in [-0.39, 0.29) is 18.0 Å². The van der Waals surface area contributed by atoms with E-state index in [4.69, 9.17) is 0 Å². The van der Waals surface area contributed by atoms with Crippen molar-refractivity contribution in [3.63, 3.8) is 0 Å². The van der Waals surface area contributed by atoms with Gasteiger partial charge in [0.15, 0.2) is 0 Å². The van der Waals surface area contributed by atoms with Crippen molar-refractivity contribution in [2.24, 2.45) is 0 Å². The minimum absolute atomic E-state index is 0.0766. The Balaban J connectivity index is 1.93. The van der Waals surface area contributed by atoms with Crippen molar-refractivity contribution in [2.75, 3.05) is 6.54 Å². The maximum absolute atomic E-state index is 11.3. The maximum Gasteiger partial charge on any atom is 0.237 e. The highest BCUT2D eigenvalue weighted by molar-refractivity contribution is 5.83. The molecule has 2 rings (SSSR count). The molecule has 4 heteroatoms. The summed E-state index contributed by atoms with van der Waals surface area (Å²) in [5, 5.41) is 16.1. The average molecular weight is 198 g/mol. The first-order chi connectivity index (χ1) is 6.59. The second-order valence-electron chi connectivity index (χ2n) is 4.60. The smallest absolute Gasteiger partial charge is 0.237 e. The summed E-state index contributed by atoms with van der Waals surface area (Å²) in [7, 11) is 0. The Bertz CT molecular complexity index is 240. The topological polar surface area (TPSA) is 61.4 Å². The van der Waals surface area contributed by atoms with Gasteiger partial charge in [0.05, 0.1) is 11.6 Å². The molecular weight excluding hydrogens is 180 g/mol. The maximum atomic E-state index is 11.3. The summed E-state index contributed by atoms with van der Waals surface area (Å²) in [5.74, 6) is 0.0766. The fourth-order valence-electron chi connectivity index (χ4n) is 2.41. The lowest BCUT2D eigenvalue weighted by Crippen LogP contribution is -2.51. The van der Waals surface area contributed by atoms with Crippen molar-refractivity contribution >= 4 is 5.91 Å². The fraction of sp³-hybridized carbons (Fsp3) is 0.900. The summed E-state index contributed by atoms with van der Waals surface area (Å²) in [6, 6.07) is -0.0130. The zero-order chi connectivity index (χ0) is 10.2. The number of aliphatic hydroxyl groups is 1. The molecule has 1 amide bonds. The van der Waals surface area contributed by atoms with Gasteiger partial charge < -0.3 is 15.7 Å². The van der Waals surface area contributed by atoms with E-state index in [1.165, 1.54) is 0 Å². The fourth-order valence-corrected chi connectivity index (χ4v) is 2.41. The van der Waals surface area contributed by atoms with Gasteiger partial charge in [-0.1, -0.05) is 0 Å². The molecule has 0 aromatic rings. The Hall–Kier alpha value is -0.610. The number of amides is 1. The quantitative estimate of drug-likeness (QED) is 0.574. The van der Waals surface area contributed by atoms with E-state index in [0.29, 0.717) is 0 Å². The van der Waals surface area contributed by atoms with E-state index in [2.05, 4.69) is 10.6 Å². The molecule has 3 atom stereocenters. The number of hydrogen-bond donors (Lipinski definition) is 3. The second kappa shape index (κ2) is 3.51. The summed E-state index contributed by atoms with van der Waals surface area (Å²) in [5.41, 5.74) is -0.636. The molecule has 2 aliphatic rings. The lowest BCUT2D eigenvalue weighted by molar-refractivity contribution is -0.121. The largest absolute Gasteiger partial charge is 0.389 e. The molecule has 4 nitrogen and oxygen atoms in total. The number of rotatable bonds is 2. The Kier molecular flexibility index (Phi) is 2.49. The van der Waals surface area contributed by atoms with Crippen LogP contribution in [0.1, 0.15) is 32.6 Å². The molecule has 1 saturated heterocycles. The molecule has 0 spiro atoms. The van der Waals surface area contributed by atoms with Crippen LogP contribution in [0.2, 0.25) is 0 Å². The highest BCUT2D eigenvalue weighted by atomic mass is 16.3. The predicted molar refractivity (Wildman–Crippen MR) is 52.8 cm³/mol. The SMILES string of the molecule is CC1(O)CCCC1NC1CCNC1=O. The molecule has 0 aromatic heterocycles. The van der Waals surface area contributed by atoms with E-state index < -0.39 is 5.60 Å². The van der Waals surface area contributed by atoms with Crippen LogP contribution in [0.15, 0.2) is 0 Å². The summed E-state index contributed by atoms with van der Waals surface area (Å²) < 4.78 is 0. The third-order valence-electron chi connectivity index (χ3n) is 3.38. The summed E-state index contributed by atoms with van der Waals surface area (Å²) >= 11 is 0. The van der Waals surface area contributed by atoms with Crippen molar-refractivity contribution in [1.29, 1.82) is 0 Å². The normalized spacial score (nSPS) is 42.9. The van der Waals surface area contributed by atoms with Crippen LogP contribution in [-0.2, 0) is 4.79 Å². The number of carbonyl (C=O) groups excluding carboxylic acids is 1. The molecule has 0 bridgehead atoms. The Morgan fingerprint density at radius 3 is 2.86 bits per heavy atom. The van der Waals surface area contributed by atoms with Crippen molar-refractivity contribution < 1.29 is 9.90 Å². The molecule has 2 fully saturated rings. The van der Waals surface area contributed by atoms with Crippen LogP contribution in [0.25, 0.3) is 0 Å². The standard InChI is InChI=1S/C10H18N2O2/c1-10(14)5-2-3-8(10)12-7-4-6-11-9(7)13/h7-8,12,14H,2-6H2,1H3,(H,11,13). The summed E-state index contributed by atoms with van der Waals surface area (Å²) in [6.45, 7) is 2.61. The lowest BCUT2D eigenvalue weighted by Gasteiger charge is -2.28. The van der Waals surface area contributed by atoms with E-state index in [9.17, 15) is 9.90 Å². The van der Waals surface area contributed by atoms with Crippen molar-refractivity contribution in [1.82, 2.24) is 10.6 Å². The zero-order valence-electron chi connectivity index (χ0n) is 8.55. The molecule has 80 valence electrons. The third-order valence-corrected chi connectivity index (χ3v) is 3.38. The molecule has 1 aliphatic heterocycles. The van der Waals surface area contributed by atoms with Crippen molar-refractivity contribution in [3.8, 4) is 0 Å². The van der Waals surface area contributed by atoms with Gasteiger partial charge in [0.2, 0.25) is 5.91 Å². The van der Waals surface area contributed by atoms with Gasteiger partial charge in [0.1, 0.15) is 0 Å². The van der Waals surface area contributed by atoms with Crippen molar-refractivity contribution in [2.45, 2.75) is 50.3 Å². The molecule has 14 heavy (non-hydrogen) atoms. The van der Waals surface area contributed by atoms with Crippen LogP contribution in [0, 0.1) is 0 Å². The highest BCUT2D eigenvalue weighted by Gasteiger charge is 2.39. The second-order valence-corrected chi connectivity index (χ2v) is 4.60. The molecule has 1 aliphatic carbocycles. The van der Waals surface area contributed by atoms with Gasteiger partial charge in [0, 0.05) is 12.6 Å². The first-order valence-electron chi connectivity index (χ1n) is 5.36. The Morgan fingerprint density at radius 1 is 1.57 bits per heavy atom. The van der Waals surface area contributed by atoms with Gasteiger partial charge in [-0.15, -0.1) is 0 Å². The summed E-state index contributed by atoms with van der Waals surface area (Å²) in [6.07, 6.45) is 3.68. The van der Waals surface area contributed by atoms with Crippen LogP contribution in [-0.4, -0.2) is 35.2 Å². The third kappa shape index (κ3) is 1.77. The minimum atomic E-state index is -0.636. The summed E-state index contributed by atoms with van der Waals surface area (Å²) in [4.78, 5) is 11.3.